The van der Waals surface area contributed by atoms with Crippen LogP contribution in [0, 0.1) is 11.8 Å². The molecular weight excluding hydrogens is 256 g/mol. The van der Waals surface area contributed by atoms with Gasteiger partial charge in [0.05, 0.1) is 12.7 Å². The number of hydrogen-bond donors (Lipinski definition) is 0. The molecule has 3 aliphatic rings. The summed E-state index contributed by atoms with van der Waals surface area (Å²) in [7, 11) is 0. The molecule has 0 aromatic heterocycles. The smallest absolute Gasteiger partial charge is 0.306 e. The molecule has 1 saturated carbocycles. The Kier molecular flexibility index (Phi) is 4.13. The van der Waals surface area contributed by atoms with Crippen molar-refractivity contribution >= 4 is 5.97 Å². The van der Waals surface area contributed by atoms with Gasteiger partial charge in [-0.15, -0.1) is 0 Å². The number of allylic oxidation sites excluding steroid dienone is 1. The Labute approximate surface area is 120 Å². The molecule has 0 aromatic carbocycles. The molecular formula is C16H24O4. The van der Waals surface area contributed by atoms with Crippen LogP contribution in [0.3, 0.4) is 0 Å². The quantitative estimate of drug-likeness (QED) is 0.588. The van der Waals surface area contributed by atoms with E-state index in [1.54, 1.807) is 0 Å². The molecule has 112 valence electrons. The van der Waals surface area contributed by atoms with Crippen LogP contribution in [-0.4, -0.2) is 37.5 Å². The lowest BCUT2D eigenvalue weighted by Crippen LogP contribution is -2.54. The zero-order valence-corrected chi connectivity index (χ0v) is 12.3. The van der Waals surface area contributed by atoms with Crippen LogP contribution in [0.5, 0.6) is 0 Å². The summed E-state index contributed by atoms with van der Waals surface area (Å²) in [6, 6.07) is 0. The van der Waals surface area contributed by atoms with Crippen LogP contribution in [0.2, 0.25) is 0 Å². The van der Waals surface area contributed by atoms with E-state index in [2.05, 4.69) is 19.9 Å². The van der Waals surface area contributed by atoms with Gasteiger partial charge in [-0.3, -0.25) is 4.79 Å². The molecule has 4 nitrogen and oxygen atoms in total. The predicted octanol–water partition coefficient (Wildman–Crippen LogP) is 2.47. The normalized spacial score (nSPS) is 39.7. The van der Waals surface area contributed by atoms with Gasteiger partial charge in [-0.1, -0.05) is 11.6 Å². The van der Waals surface area contributed by atoms with Gasteiger partial charge in [0.25, 0.3) is 0 Å². The van der Waals surface area contributed by atoms with E-state index in [-0.39, 0.29) is 24.3 Å². The van der Waals surface area contributed by atoms with Crippen molar-refractivity contribution in [2.45, 2.75) is 57.8 Å². The fourth-order valence-electron chi connectivity index (χ4n) is 3.72. The van der Waals surface area contributed by atoms with Crippen LogP contribution in [0.25, 0.3) is 0 Å². The van der Waals surface area contributed by atoms with Gasteiger partial charge in [-0.05, 0) is 44.9 Å². The number of carbonyl (C=O) groups excluding carboxylic acids is 1. The first-order valence-electron chi connectivity index (χ1n) is 7.71. The SMILES string of the molecule is CC(C)=CCO[C@@H]1[C@@H]2OCC[C@@H]2C[C@@H]2CCC(=O)O[C@@H]21. The second-order valence-corrected chi connectivity index (χ2v) is 6.45. The molecule has 0 radical (unpaired) electrons. The highest BCUT2D eigenvalue weighted by atomic mass is 16.6. The van der Waals surface area contributed by atoms with Gasteiger partial charge in [0, 0.05) is 13.0 Å². The molecule has 2 saturated heterocycles. The van der Waals surface area contributed by atoms with E-state index in [0.717, 1.165) is 25.9 Å². The van der Waals surface area contributed by atoms with Crippen LogP contribution in [-0.2, 0) is 19.0 Å². The average Bonchev–Trinajstić information content (AvgIpc) is 2.86. The Bertz CT molecular complexity index is 399. The molecule has 0 aromatic rings. The first kappa shape index (κ1) is 14.1. The van der Waals surface area contributed by atoms with Crippen molar-refractivity contribution in [2.24, 2.45) is 11.8 Å². The zero-order chi connectivity index (χ0) is 14.1. The van der Waals surface area contributed by atoms with Crippen LogP contribution in [0.15, 0.2) is 11.6 Å². The molecule has 0 amide bonds. The molecule has 0 spiro atoms. The molecule has 3 rings (SSSR count). The maximum Gasteiger partial charge on any atom is 0.306 e. The third-order valence-corrected chi connectivity index (χ3v) is 4.75. The Morgan fingerprint density at radius 3 is 2.90 bits per heavy atom. The monoisotopic (exact) mass is 280 g/mol. The van der Waals surface area contributed by atoms with Gasteiger partial charge < -0.3 is 14.2 Å². The van der Waals surface area contributed by atoms with E-state index < -0.39 is 0 Å². The molecule has 3 fully saturated rings. The van der Waals surface area contributed by atoms with Gasteiger partial charge in [0.1, 0.15) is 12.2 Å². The predicted molar refractivity (Wildman–Crippen MR) is 74.2 cm³/mol. The number of fused-ring (bicyclic) bond motifs is 2. The first-order chi connectivity index (χ1) is 9.65. The lowest BCUT2D eigenvalue weighted by Gasteiger charge is -2.45. The molecule has 2 heterocycles. The highest BCUT2D eigenvalue weighted by Crippen LogP contribution is 2.43. The lowest BCUT2D eigenvalue weighted by molar-refractivity contribution is -0.196. The zero-order valence-electron chi connectivity index (χ0n) is 12.3. The van der Waals surface area contributed by atoms with E-state index in [1.807, 2.05) is 0 Å². The molecule has 1 aliphatic carbocycles. The van der Waals surface area contributed by atoms with E-state index in [1.165, 1.54) is 5.57 Å². The van der Waals surface area contributed by atoms with Crippen LogP contribution in [0.1, 0.15) is 39.5 Å². The van der Waals surface area contributed by atoms with Crippen molar-refractivity contribution in [2.75, 3.05) is 13.2 Å². The largest absolute Gasteiger partial charge is 0.459 e. The number of hydrogen-bond acceptors (Lipinski definition) is 4. The Balaban J connectivity index is 1.73. The minimum Gasteiger partial charge on any atom is -0.459 e. The maximum absolute atomic E-state index is 11.6. The van der Waals surface area contributed by atoms with Gasteiger partial charge in [-0.2, -0.15) is 0 Å². The lowest BCUT2D eigenvalue weighted by atomic mass is 9.73. The van der Waals surface area contributed by atoms with Crippen molar-refractivity contribution in [1.29, 1.82) is 0 Å². The number of carbonyl (C=O) groups is 1. The Hall–Kier alpha value is -0.870. The minimum absolute atomic E-state index is 0.0847. The molecule has 4 heteroatoms. The van der Waals surface area contributed by atoms with Crippen LogP contribution < -0.4 is 0 Å². The molecule has 0 N–H and O–H groups in total. The Morgan fingerprint density at radius 1 is 1.30 bits per heavy atom. The highest BCUT2D eigenvalue weighted by Gasteiger charge is 2.51. The maximum atomic E-state index is 11.6. The molecule has 5 atom stereocenters. The summed E-state index contributed by atoms with van der Waals surface area (Å²) in [6.45, 7) is 5.50. The van der Waals surface area contributed by atoms with E-state index in [4.69, 9.17) is 14.2 Å². The highest BCUT2D eigenvalue weighted by molar-refractivity contribution is 5.70. The van der Waals surface area contributed by atoms with Crippen molar-refractivity contribution in [1.82, 2.24) is 0 Å². The van der Waals surface area contributed by atoms with Gasteiger partial charge in [0.15, 0.2) is 0 Å². The third kappa shape index (κ3) is 2.77. The molecule has 2 aliphatic heterocycles. The minimum atomic E-state index is -0.110. The van der Waals surface area contributed by atoms with E-state index >= 15 is 0 Å². The summed E-state index contributed by atoms with van der Waals surface area (Å²) in [4.78, 5) is 11.6. The van der Waals surface area contributed by atoms with Crippen molar-refractivity contribution in [3.63, 3.8) is 0 Å². The van der Waals surface area contributed by atoms with Crippen molar-refractivity contribution < 1.29 is 19.0 Å². The summed E-state index contributed by atoms with van der Waals surface area (Å²) < 4.78 is 17.5. The summed E-state index contributed by atoms with van der Waals surface area (Å²) in [5.74, 6) is 0.940. The van der Waals surface area contributed by atoms with E-state index in [9.17, 15) is 4.79 Å². The Morgan fingerprint density at radius 2 is 2.10 bits per heavy atom. The van der Waals surface area contributed by atoms with Gasteiger partial charge >= 0.3 is 5.97 Å². The second-order valence-electron chi connectivity index (χ2n) is 6.45. The summed E-state index contributed by atoms with van der Waals surface area (Å²) >= 11 is 0. The molecule has 0 bridgehead atoms. The summed E-state index contributed by atoms with van der Waals surface area (Å²) in [5.41, 5.74) is 1.24. The first-order valence-corrected chi connectivity index (χ1v) is 7.71. The topological polar surface area (TPSA) is 44.8 Å². The number of esters is 1. The number of ether oxygens (including phenoxy) is 3. The van der Waals surface area contributed by atoms with Crippen molar-refractivity contribution in [3.05, 3.63) is 11.6 Å². The van der Waals surface area contributed by atoms with Crippen LogP contribution in [0.4, 0.5) is 0 Å². The van der Waals surface area contributed by atoms with Crippen LogP contribution >= 0.6 is 0 Å². The average molecular weight is 280 g/mol. The van der Waals surface area contributed by atoms with Gasteiger partial charge in [0.2, 0.25) is 0 Å². The second kappa shape index (κ2) is 5.86. The standard InChI is InChI=1S/C16H24O4/c1-10(2)5-7-19-16-14-12(6-8-18-14)9-11-3-4-13(17)20-15(11)16/h5,11-12,14-16H,3-4,6-9H2,1-2H3/t11-,12+,14+,15-,16+/m0/s1. The molecule has 20 heavy (non-hydrogen) atoms. The van der Waals surface area contributed by atoms with E-state index in [0.29, 0.717) is 24.9 Å². The summed E-state index contributed by atoms with van der Waals surface area (Å²) in [5, 5.41) is 0. The fraction of sp³-hybridized carbons (Fsp3) is 0.812. The molecule has 0 unspecified atom stereocenters. The number of rotatable bonds is 3. The third-order valence-electron chi connectivity index (χ3n) is 4.75. The summed E-state index contributed by atoms with van der Waals surface area (Å²) in [6.07, 6.45) is 5.69. The fourth-order valence-corrected chi connectivity index (χ4v) is 3.72. The van der Waals surface area contributed by atoms with Gasteiger partial charge in [-0.25, -0.2) is 0 Å². The van der Waals surface area contributed by atoms with Crippen molar-refractivity contribution in [3.8, 4) is 0 Å².